The second-order valence-corrected chi connectivity index (χ2v) is 3.19. The van der Waals surface area contributed by atoms with Crippen LogP contribution in [0.2, 0.25) is 0 Å². The Hall–Kier alpha value is -0.0800. The smallest absolute Gasteiger partial charge is 0.0568 e. The fourth-order valence-electron chi connectivity index (χ4n) is 1.73. The van der Waals surface area contributed by atoms with Crippen molar-refractivity contribution in [2.24, 2.45) is 11.7 Å². The van der Waals surface area contributed by atoms with Crippen molar-refractivity contribution < 1.29 is 5.11 Å². The maximum absolute atomic E-state index is 9.37. The number of rotatable bonds is 3. The Labute approximate surface area is 62.4 Å². The minimum absolute atomic E-state index is 0.0217. The summed E-state index contributed by atoms with van der Waals surface area (Å²) in [6.45, 7) is 0.767. The van der Waals surface area contributed by atoms with Crippen molar-refractivity contribution >= 4 is 0 Å². The molecule has 2 heteroatoms. The van der Waals surface area contributed by atoms with Crippen molar-refractivity contribution in [3.8, 4) is 0 Å². The summed E-state index contributed by atoms with van der Waals surface area (Å²) in [5.41, 5.74) is 5.37. The van der Waals surface area contributed by atoms with E-state index in [4.69, 9.17) is 5.73 Å². The second kappa shape index (κ2) is 3.94. The average Bonchev–Trinajstić information content (AvgIpc) is 2.31. The van der Waals surface area contributed by atoms with Gasteiger partial charge in [-0.3, -0.25) is 0 Å². The lowest BCUT2D eigenvalue weighted by atomic mass is 10.00. The van der Waals surface area contributed by atoms with E-state index < -0.39 is 0 Å². The molecule has 2 atom stereocenters. The molecule has 3 N–H and O–H groups in total. The Morgan fingerprint density at radius 1 is 1.40 bits per heavy atom. The summed E-state index contributed by atoms with van der Waals surface area (Å²) in [5.74, 6) is 0.559. The van der Waals surface area contributed by atoms with Gasteiger partial charge in [0.25, 0.3) is 0 Å². The molecule has 0 unspecified atom stereocenters. The number of aliphatic hydroxyl groups is 1. The summed E-state index contributed by atoms with van der Waals surface area (Å²) in [5, 5.41) is 9.37. The highest BCUT2D eigenvalue weighted by Crippen LogP contribution is 2.28. The largest absolute Gasteiger partial charge is 0.393 e. The summed E-state index contributed by atoms with van der Waals surface area (Å²) in [6.07, 6.45) is 5.60. The molecule has 1 rings (SSSR count). The van der Waals surface area contributed by atoms with Gasteiger partial charge in [0.15, 0.2) is 0 Å². The average molecular weight is 143 g/mol. The van der Waals surface area contributed by atoms with Gasteiger partial charge in [-0.2, -0.15) is 0 Å². The highest BCUT2D eigenvalue weighted by Gasteiger charge is 2.23. The standard InChI is InChI=1S/C8H17NO/c9-6-2-4-7-3-1-5-8(7)10/h7-8,10H,1-6,9H2/t7-,8-/m0/s1. The number of hydrogen-bond acceptors (Lipinski definition) is 2. The zero-order valence-electron chi connectivity index (χ0n) is 6.42. The topological polar surface area (TPSA) is 46.2 Å². The predicted octanol–water partition coefficient (Wildman–Crippen LogP) is 0.886. The van der Waals surface area contributed by atoms with Gasteiger partial charge in [-0.15, -0.1) is 0 Å². The number of hydrogen-bond donors (Lipinski definition) is 2. The molecule has 2 nitrogen and oxygen atoms in total. The van der Waals surface area contributed by atoms with Gasteiger partial charge in [0.05, 0.1) is 6.10 Å². The fourth-order valence-corrected chi connectivity index (χ4v) is 1.73. The maximum Gasteiger partial charge on any atom is 0.0568 e. The van der Waals surface area contributed by atoms with Crippen LogP contribution < -0.4 is 5.73 Å². The van der Waals surface area contributed by atoms with Crippen LogP contribution in [0, 0.1) is 5.92 Å². The zero-order chi connectivity index (χ0) is 7.40. The second-order valence-electron chi connectivity index (χ2n) is 3.19. The SMILES string of the molecule is NCCC[C@@H]1CCC[C@@H]1O. The van der Waals surface area contributed by atoms with Crippen LogP contribution in [0.25, 0.3) is 0 Å². The first-order valence-corrected chi connectivity index (χ1v) is 4.22. The van der Waals surface area contributed by atoms with Crippen molar-refractivity contribution in [2.45, 2.75) is 38.2 Å². The first-order valence-electron chi connectivity index (χ1n) is 4.22. The molecule has 0 aromatic rings. The molecule has 1 aliphatic rings. The Kier molecular flexibility index (Phi) is 3.16. The normalized spacial score (nSPS) is 33.0. The molecule has 0 saturated heterocycles. The first kappa shape index (κ1) is 8.02. The molecule has 10 heavy (non-hydrogen) atoms. The van der Waals surface area contributed by atoms with Gasteiger partial charge < -0.3 is 10.8 Å². The van der Waals surface area contributed by atoms with E-state index in [1.54, 1.807) is 0 Å². The molecule has 0 aromatic carbocycles. The highest BCUT2D eigenvalue weighted by atomic mass is 16.3. The monoisotopic (exact) mass is 143 g/mol. The Morgan fingerprint density at radius 3 is 2.70 bits per heavy atom. The van der Waals surface area contributed by atoms with Gasteiger partial charge in [0.1, 0.15) is 0 Å². The zero-order valence-corrected chi connectivity index (χ0v) is 6.42. The van der Waals surface area contributed by atoms with Crippen LogP contribution in [0.1, 0.15) is 32.1 Å². The molecule has 1 fully saturated rings. The lowest BCUT2D eigenvalue weighted by Crippen LogP contribution is -2.14. The minimum Gasteiger partial charge on any atom is -0.393 e. The third-order valence-electron chi connectivity index (χ3n) is 2.40. The quantitative estimate of drug-likeness (QED) is 0.616. The Bertz CT molecular complexity index is 95.3. The van der Waals surface area contributed by atoms with E-state index in [0.717, 1.165) is 25.8 Å². The third kappa shape index (κ3) is 1.96. The van der Waals surface area contributed by atoms with E-state index in [1.165, 1.54) is 12.8 Å². The number of nitrogens with two attached hydrogens (primary N) is 1. The van der Waals surface area contributed by atoms with Crippen LogP contribution in [-0.2, 0) is 0 Å². The van der Waals surface area contributed by atoms with Gasteiger partial charge in [0, 0.05) is 0 Å². The van der Waals surface area contributed by atoms with Crippen LogP contribution in [0.3, 0.4) is 0 Å². The Morgan fingerprint density at radius 2 is 2.20 bits per heavy atom. The summed E-state index contributed by atoms with van der Waals surface area (Å²) in [4.78, 5) is 0. The molecule has 1 aliphatic carbocycles. The summed E-state index contributed by atoms with van der Waals surface area (Å²) in [6, 6.07) is 0. The molecule has 0 amide bonds. The van der Waals surface area contributed by atoms with Crippen molar-refractivity contribution in [1.82, 2.24) is 0 Å². The van der Waals surface area contributed by atoms with E-state index in [0.29, 0.717) is 5.92 Å². The van der Waals surface area contributed by atoms with Crippen LogP contribution in [-0.4, -0.2) is 17.8 Å². The predicted molar refractivity (Wildman–Crippen MR) is 41.6 cm³/mol. The van der Waals surface area contributed by atoms with Gasteiger partial charge >= 0.3 is 0 Å². The summed E-state index contributed by atoms with van der Waals surface area (Å²) < 4.78 is 0. The van der Waals surface area contributed by atoms with E-state index >= 15 is 0 Å². The molecule has 60 valence electrons. The van der Waals surface area contributed by atoms with Crippen LogP contribution >= 0.6 is 0 Å². The van der Waals surface area contributed by atoms with Crippen molar-refractivity contribution in [1.29, 1.82) is 0 Å². The maximum atomic E-state index is 9.37. The highest BCUT2D eigenvalue weighted by molar-refractivity contribution is 4.76. The molecule has 1 saturated carbocycles. The van der Waals surface area contributed by atoms with E-state index in [1.807, 2.05) is 0 Å². The molecule has 0 heterocycles. The van der Waals surface area contributed by atoms with Crippen molar-refractivity contribution in [3.63, 3.8) is 0 Å². The molecular formula is C8H17NO. The minimum atomic E-state index is -0.0217. The van der Waals surface area contributed by atoms with Crippen molar-refractivity contribution in [3.05, 3.63) is 0 Å². The van der Waals surface area contributed by atoms with Crippen LogP contribution in [0.5, 0.6) is 0 Å². The molecule has 0 spiro atoms. The lowest BCUT2D eigenvalue weighted by Gasteiger charge is -2.12. The van der Waals surface area contributed by atoms with Crippen LogP contribution in [0.15, 0.2) is 0 Å². The lowest BCUT2D eigenvalue weighted by molar-refractivity contribution is 0.127. The molecule has 0 aromatic heterocycles. The molecule has 0 aliphatic heterocycles. The Balaban J connectivity index is 2.14. The van der Waals surface area contributed by atoms with Crippen molar-refractivity contribution in [2.75, 3.05) is 6.54 Å². The van der Waals surface area contributed by atoms with Gasteiger partial charge in [-0.1, -0.05) is 6.42 Å². The van der Waals surface area contributed by atoms with Gasteiger partial charge in [0.2, 0.25) is 0 Å². The van der Waals surface area contributed by atoms with Gasteiger partial charge in [-0.05, 0) is 38.1 Å². The first-order chi connectivity index (χ1) is 4.84. The van der Waals surface area contributed by atoms with E-state index in [2.05, 4.69) is 0 Å². The van der Waals surface area contributed by atoms with Gasteiger partial charge in [-0.25, -0.2) is 0 Å². The summed E-state index contributed by atoms with van der Waals surface area (Å²) in [7, 11) is 0. The third-order valence-corrected chi connectivity index (χ3v) is 2.40. The summed E-state index contributed by atoms with van der Waals surface area (Å²) >= 11 is 0. The van der Waals surface area contributed by atoms with E-state index in [-0.39, 0.29) is 6.10 Å². The molecule has 0 radical (unpaired) electrons. The van der Waals surface area contributed by atoms with E-state index in [9.17, 15) is 5.11 Å². The number of aliphatic hydroxyl groups excluding tert-OH is 1. The molecule has 0 bridgehead atoms. The fraction of sp³-hybridized carbons (Fsp3) is 1.00. The molecular weight excluding hydrogens is 126 g/mol. The van der Waals surface area contributed by atoms with Crippen LogP contribution in [0.4, 0.5) is 0 Å².